The number of alkyl halides is 3. The van der Waals surface area contributed by atoms with Gasteiger partial charge in [-0.3, -0.25) is 14.5 Å². The molecule has 42 heavy (non-hydrogen) atoms. The topological polar surface area (TPSA) is 53.1 Å². The lowest BCUT2D eigenvalue weighted by molar-refractivity contribution is -0.138. The highest BCUT2D eigenvalue weighted by Crippen LogP contribution is 2.39. The van der Waals surface area contributed by atoms with Crippen LogP contribution >= 0.6 is 23.2 Å². The second-order valence-corrected chi connectivity index (χ2v) is 12.5. The first kappa shape index (κ1) is 31.0. The van der Waals surface area contributed by atoms with Crippen LogP contribution in [0.2, 0.25) is 10.0 Å². The Morgan fingerprint density at radius 1 is 1.00 bits per heavy atom. The fourth-order valence-corrected chi connectivity index (χ4v) is 6.83. The van der Waals surface area contributed by atoms with Crippen LogP contribution in [0.5, 0.6) is 5.75 Å². The van der Waals surface area contributed by atoms with Crippen molar-refractivity contribution in [1.29, 1.82) is 0 Å². The van der Waals surface area contributed by atoms with Gasteiger partial charge in [-0.05, 0) is 74.6 Å². The molecular weight excluding hydrogens is 590 g/mol. The van der Waals surface area contributed by atoms with Crippen molar-refractivity contribution < 1.29 is 27.5 Å². The van der Waals surface area contributed by atoms with Crippen molar-refractivity contribution in [3.8, 4) is 5.75 Å². The molecule has 3 fully saturated rings. The molecule has 5 rings (SSSR count). The molecule has 2 amide bonds. The highest BCUT2D eigenvalue weighted by Gasteiger charge is 2.41. The average molecular weight is 627 g/mol. The third-order valence-corrected chi connectivity index (χ3v) is 9.65. The molecule has 0 N–H and O–H groups in total. The van der Waals surface area contributed by atoms with Crippen molar-refractivity contribution in [2.75, 3.05) is 39.3 Å². The van der Waals surface area contributed by atoms with Crippen molar-refractivity contribution >= 4 is 35.0 Å². The highest BCUT2D eigenvalue weighted by atomic mass is 35.5. The smallest absolute Gasteiger partial charge is 0.416 e. The zero-order valence-electron chi connectivity index (χ0n) is 23.6. The van der Waals surface area contributed by atoms with Crippen LogP contribution in [0.15, 0.2) is 42.5 Å². The fraction of sp³-hybridized carbons (Fsp3) is 0.548. The summed E-state index contributed by atoms with van der Waals surface area (Å²) in [7, 11) is 0. The first-order chi connectivity index (χ1) is 20.0. The minimum absolute atomic E-state index is 0.0248. The maximum atomic E-state index is 13.5. The van der Waals surface area contributed by atoms with E-state index in [1.807, 2.05) is 28.9 Å². The Bertz CT molecular complexity index is 1270. The molecule has 228 valence electrons. The number of carbonyl (C=O) groups excluding carboxylic acids is 2. The third-order valence-electron chi connectivity index (χ3n) is 8.91. The molecule has 11 heteroatoms. The zero-order valence-corrected chi connectivity index (χ0v) is 25.1. The summed E-state index contributed by atoms with van der Waals surface area (Å²) in [6.45, 7) is 5.47. The van der Waals surface area contributed by atoms with Gasteiger partial charge in [0.05, 0.1) is 22.2 Å². The Morgan fingerprint density at radius 3 is 2.36 bits per heavy atom. The van der Waals surface area contributed by atoms with E-state index in [0.29, 0.717) is 41.8 Å². The first-order valence-electron chi connectivity index (χ1n) is 14.6. The van der Waals surface area contributed by atoms with Crippen LogP contribution < -0.4 is 4.74 Å². The van der Waals surface area contributed by atoms with Gasteiger partial charge in [0.1, 0.15) is 11.9 Å². The van der Waals surface area contributed by atoms with E-state index in [2.05, 4.69) is 4.90 Å². The Hall–Kier alpha value is -2.49. The summed E-state index contributed by atoms with van der Waals surface area (Å²) in [6, 6.07) is 10.4. The van der Waals surface area contributed by atoms with Crippen LogP contribution in [-0.2, 0) is 15.8 Å². The van der Waals surface area contributed by atoms with Crippen molar-refractivity contribution in [2.45, 2.75) is 63.3 Å². The summed E-state index contributed by atoms with van der Waals surface area (Å²) in [5.74, 6) is 0.397. The number of rotatable bonds is 7. The van der Waals surface area contributed by atoms with Gasteiger partial charge in [-0.1, -0.05) is 29.3 Å². The molecule has 0 spiro atoms. The number of hydrogen-bond donors (Lipinski definition) is 0. The fourth-order valence-electron chi connectivity index (χ4n) is 6.52. The lowest BCUT2D eigenvalue weighted by Gasteiger charge is -2.40. The number of likely N-dealkylation sites (tertiary alicyclic amines) is 3. The van der Waals surface area contributed by atoms with Crippen molar-refractivity contribution in [2.24, 2.45) is 5.92 Å². The standard InChI is InChI=1S/C31H36Cl2F3N3O3/c1-20(42-24-8-6-22(7-9-24)31(34,35)36)25-17-38(18-26(25)21-5-10-27(32)28(33)16-21)30(41)19-37-14-11-23(12-15-37)39-13-3-2-4-29(39)40/h5-10,16,20,23,25-26H,2-4,11-15,17-19H2,1H3/t20?,25-,26-/m0/s1. The quantitative estimate of drug-likeness (QED) is 0.353. The molecular formula is C31H36Cl2F3N3O3. The Kier molecular flexibility index (Phi) is 9.59. The van der Waals surface area contributed by atoms with Crippen molar-refractivity contribution in [3.63, 3.8) is 0 Å². The van der Waals surface area contributed by atoms with E-state index < -0.39 is 17.8 Å². The molecule has 3 saturated heterocycles. The Morgan fingerprint density at radius 2 is 1.71 bits per heavy atom. The lowest BCUT2D eigenvalue weighted by atomic mass is 9.85. The molecule has 1 unspecified atom stereocenters. The molecule has 0 radical (unpaired) electrons. The van der Waals surface area contributed by atoms with Crippen LogP contribution in [0.1, 0.15) is 56.1 Å². The van der Waals surface area contributed by atoms with E-state index in [9.17, 15) is 22.8 Å². The van der Waals surface area contributed by atoms with Gasteiger partial charge < -0.3 is 14.5 Å². The molecule has 3 atom stereocenters. The number of ether oxygens (including phenoxy) is 1. The SMILES string of the molecule is CC(Oc1ccc(C(F)(F)F)cc1)[C@@H]1CN(C(=O)CN2CCC(N3CCCCC3=O)CC2)C[C@H]1c1ccc(Cl)c(Cl)c1. The van der Waals surface area contributed by atoms with Crippen LogP contribution in [-0.4, -0.2) is 77.9 Å². The molecule has 2 aromatic rings. The van der Waals surface area contributed by atoms with E-state index in [0.717, 1.165) is 63.0 Å². The first-order valence-corrected chi connectivity index (χ1v) is 15.3. The molecule has 6 nitrogen and oxygen atoms in total. The number of nitrogens with zero attached hydrogens (tertiary/aromatic N) is 3. The maximum Gasteiger partial charge on any atom is 0.416 e. The number of carbonyl (C=O) groups is 2. The Balaban J connectivity index is 1.24. The summed E-state index contributed by atoms with van der Waals surface area (Å²) in [5.41, 5.74) is 0.194. The van der Waals surface area contributed by atoms with Crippen LogP contribution in [0.3, 0.4) is 0 Å². The molecule has 3 aliphatic heterocycles. The van der Waals surface area contributed by atoms with Gasteiger partial charge in [0.25, 0.3) is 0 Å². The predicted octanol–water partition coefficient (Wildman–Crippen LogP) is 6.50. The molecule has 0 aromatic heterocycles. The summed E-state index contributed by atoms with van der Waals surface area (Å²) < 4.78 is 45.2. The number of amides is 2. The lowest BCUT2D eigenvalue weighted by Crippen LogP contribution is -2.50. The zero-order chi connectivity index (χ0) is 30.0. The van der Waals surface area contributed by atoms with Crippen LogP contribution in [0.25, 0.3) is 0 Å². The van der Waals surface area contributed by atoms with Gasteiger partial charge >= 0.3 is 6.18 Å². The highest BCUT2D eigenvalue weighted by molar-refractivity contribution is 6.42. The molecule has 0 saturated carbocycles. The van der Waals surface area contributed by atoms with Gasteiger partial charge in [-0.15, -0.1) is 0 Å². The summed E-state index contributed by atoms with van der Waals surface area (Å²) in [4.78, 5) is 31.9. The largest absolute Gasteiger partial charge is 0.490 e. The van der Waals surface area contributed by atoms with Gasteiger partial charge in [0.2, 0.25) is 11.8 Å². The van der Waals surface area contributed by atoms with Gasteiger partial charge in [-0.25, -0.2) is 0 Å². The second-order valence-electron chi connectivity index (χ2n) is 11.6. The molecule has 0 bridgehead atoms. The number of benzene rings is 2. The molecule has 0 aliphatic carbocycles. The van der Waals surface area contributed by atoms with Crippen molar-refractivity contribution in [3.05, 3.63) is 63.6 Å². The normalized spacial score (nSPS) is 23.3. The monoisotopic (exact) mass is 625 g/mol. The number of hydrogen-bond acceptors (Lipinski definition) is 4. The van der Waals surface area contributed by atoms with Gasteiger partial charge in [-0.2, -0.15) is 13.2 Å². The summed E-state index contributed by atoms with van der Waals surface area (Å²) in [6.07, 6.45) is -0.419. The Labute approximate surface area is 254 Å². The third kappa shape index (κ3) is 7.17. The van der Waals surface area contributed by atoms with E-state index >= 15 is 0 Å². The summed E-state index contributed by atoms with van der Waals surface area (Å²) >= 11 is 12.5. The number of piperidine rings is 2. The predicted molar refractivity (Wildman–Crippen MR) is 156 cm³/mol. The minimum atomic E-state index is -4.42. The molecule has 2 aromatic carbocycles. The minimum Gasteiger partial charge on any atom is -0.490 e. The average Bonchev–Trinajstić information content (AvgIpc) is 3.41. The van der Waals surface area contributed by atoms with E-state index in [1.165, 1.54) is 12.1 Å². The second kappa shape index (κ2) is 13.0. The maximum absolute atomic E-state index is 13.5. The number of halogens is 5. The summed E-state index contributed by atoms with van der Waals surface area (Å²) in [5, 5.41) is 0.857. The van der Waals surface area contributed by atoms with E-state index in [1.54, 1.807) is 6.07 Å². The van der Waals surface area contributed by atoms with E-state index in [4.69, 9.17) is 27.9 Å². The van der Waals surface area contributed by atoms with Crippen LogP contribution in [0, 0.1) is 5.92 Å². The molecule has 3 heterocycles. The van der Waals surface area contributed by atoms with Gasteiger partial charge in [0.15, 0.2) is 0 Å². The van der Waals surface area contributed by atoms with Crippen molar-refractivity contribution in [1.82, 2.24) is 14.7 Å². The van der Waals surface area contributed by atoms with E-state index in [-0.39, 0.29) is 29.7 Å². The van der Waals surface area contributed by atoms with Crippen LogP contribution in [0.4, 0.5) is 13.2 Å². The van der Waals surface area contributed by atoms with Gasteiger partial charge in [0, 0.05) is 57.0 Å². The molecule has 3 aliphatic rings.